The van der Waals surface area contributed by atoms with Gasteiger partial charge in [-0.2, -0.15) is 0 Å². The standard InChI is InChI=1S/C22H30ClN5O/c1-14-9-15(2)26-20(10-14)24-12-16-5-7-18(8-6-16)27-22(29)19-11-17(23)13-25-21(19)28(3)4/h9-11,13,16,18H,5-8,12H2,1-4H3,(H,24,26)(H,27,29)/t16-,18-. The molecular weight excluding hydrogens is 386 g/mol. The Morgan fingerprint density at radius 1 is 1.17 bits per heavy atom. The Labute approximate surface area is 178 Å². The van der Waals surface area contributed by atoms with Crippen LogP contribution in [0.1, 0.15) is 47.3 Å². The van der Waals surface area contributed by atoms with Crippen LogP contribution < -0.4 is 15.5 Å². The van der Waals surface area contributed by atoms with E-state index in [9.17, 15) is 4.79 Å². The SMILES string of the molecule is Cc1cc(C)nc(NC[C@H]2CC[C@H](NC(=O)c3cc(Cl)cnc3N(C)C)CC2)c1. The molecule has 0 spiro atoms. The van der Waals surface area contributed by atoms with Crippen LogP contribution in [0.5, 0.6) is 0 Å². The van der Waals surface area contributed by atoms with Crippen molar-refractivity contribution in [2.24, 2.45) is 5.92 Å². The van der Waals surface area contributed by atoms with Crippen LogP contribution in [0.4, 0.5) is 11.6 Å². The number of carbonyl (C=O) groups excluding carboxylic acids is 1. The van der Waals surface area contributed by atoms with E-state index in [2.05, 4.69) is 39.7 Å². The molecule has 6 nitrogen and oxygen atoms in total. The lowest BCUT2D eigenvalue weighted by Gasteiger charge is -2.29. The summed E-state index contributed by atoms with van der Waals surface area (Å²) in [5.74, 6) is 2.06. The van der Waals surface area contributed by atoms with Crippen molar-refractivity contribution in [2.45, 2.75) is 45.6 Å². The fourth-order valence-corrected chi connectivity index (χ4v) is 4.07. The second-order valence-corrected chi connectivity index (χ2v) is 8.60. The van der Waals surface area contributed by atoms with Crippen LogP contribution in [0.25, 0.3) is 0 Å². The van der Waals surface area contributed by atoms with E-state index in [0.29, 0.717) is 22.3 Å². The van der Waals surface area contributed by atoms with E-state index < -0.39 is 0 Å². The predicted molar refractivity (Wildman–Crippen MR) is 119 cm³/mol. The molecule has 156 valence electrons. The summed E-state index contributed by atoms with van der Waals surface area (Å²) in [4.78, 5) is 23.5. The minimum absolute atomic E-state index is 0.107. The van der Waals surface area contributed by atoms with E-state index in [1.807, 2.05) is 25.9 Å². The molecule has 1 fully saturated rings. The van der Waals surface area contributed by atoms with Gasteiger partial charge in [-0.25, -0.2) is 9.97 Å². The van der Waals surface area contributed by atoms with Gasteiger partial charge < -0.3 is 15.5 Å². The topological polar surface area (TPSA) is 70.1 Å². The van der Waals surface area contributed by atoms with Gasteiger partial charge in [0.25, 0.3) is 5.91 Å². The number of anilines is 2. The van der Waals surface area contributed by atoms with Crippen LogP contribution in [0.15, 0.2) is 24.4 Å². The molecule has 0 aromatic carbocycles. The Morgan fingerprint density at radius 3 is 2.55 bits per heavy atom. The van der Waals surface area contributed by atoms with E-state index in [1.54, 1.807) is 12.3 Å². The molecule has 29 heavy (non-hydrogen) atoms. The first-order chi connectivity index (χ1) is 13.8. The quantitative estimate of drug-likeness (QED) is 0.739. The Morgan fingerprint density at radius 2 is 1.90 bits per heavy atom. The first-order valence-corrected chi connectivity index (χ1v) is 10.5. The third-order valence-corrected chi connectivity index (χ3v) is 5.56. The number of carbonyl (C=O) groups is 1. The van der Waals surface area contributed by atoms with E-state index in [1.165, 1.54) is 5.56 Å². The highest BCUT2D eigenvalue weighted by Crippen LogP contribution is 2.26. The van der Waals surface area contributed by atoms with E-state index in [4.69, 9.17) is 11.6 Å². The van der Waals surface area contributed by atoms with Crippen LogP contribution in [-0.4, -0.2) is 42.6 Å². The van der Waals surface area contributed by atoms with E-state index >= 15 is 0 Å². The van der Waals surface area contributed by atoms with Gasteiger partial charge in [-0.3, -0.25) is 4.79 Å². The van der Waals surface area contributed by atoms with Crippen LogP contribution in [-0.2, 0) is 0 Å². The fraction of sp³-hybridized carbons (Fsp3) is 0.500. The smallest absolute Gasteiger partial charge is 0.255 e. The number of hydrogen-bond donors (Lipinski definition) is 2. The lowest BCUT2D eigenvalue weighted by molar-refractivity contribution is 0.0923. The van der Waals surface area contributed by atoms with Gasteiger partial charge >= 0.3 is 0 Å². The summed E-state index contributed by atoms with van der Waals surface area (Å²) in [5, 5.41) is 7.11. The highest BCUT2D eigenvalue weighted by molar-refractivity contribution is 6.31. The summed E-state index contributed by atoms with van der Waals surface area (Å²) in [6.07, 6.45) is 5.68. The highest BCUT2D eigenvalue weighted by Gasteiger charge is 2.24. The molecule has 0 unspecified atom stereocenters. The van der Waals surface area contributed by atoms with Gasteiger partial charge in [0.05, 0.1) is 10.6 Å². The molecule has 0 aliphatic heterocycles. The molecule has 1 amide bonds. The molecule has 1 aliphatic carbocycles. The lowest BCUT2D eigenvalue weighted by Crippen LogP contribution is -2.39. The second kappa shape index (κ2) is 9.44. The molecule has 0 atom stereocenters. The average molecular weight is 416 g/mol. The molecule has 1 aliphatic rings. The molecule has 2 aromatic heterocycles. The molecule has 2 N–H and O–H groups in total. The number of halogens is 1. The largest absolute Gasteiger partial charge is 0.370 e. The third-order valence-electron chi connectivity index (χ3n) is 5.35. The van der Waals surface area contributed by atoms with Crippen molar-refractivity contribution in [3.8, 4) is 0 Å². The number of pyridine rings is 2. The molecule has 0 bridgehead atoms. The minimum Gasteiger partial charge on any atom is -0.370 e. The van der Waals surface area contributed by atoms with E-state index in [-0.39, 0.29) is 11.9 Å². The monoisotopic (exact) mass is 415 g/mol. The first kappa shape index (κ1) is 21.4. The highest BCUT2D eigenvalue weighted by atomic mass is 35.5. The number of hydrogen-bond acceptors (Lipinski definition) is 5. The van der Waals surface area contributed by atoms with E-state index in [0.717, 1.165) is 43.7 Å². The zero-order valence-electron chi connectivity index (χ0n) is 17.6. The van der Waals surface area contributed by atoms with Crippen LogP contribution in [0, 0.1) is 19.8 Å². The van der Waals surface area contributed by atoms with Gasteiger partial charge in [0.15, 0.2) is 0 Å². The molecule has 3 rings (SSSR count). The lowest BCUT2D eigenvalue weighted by atomic mass is 9.86. The molecule has 1 saturated carbocycles. The summed E-state index contributed by atoms with van der Waals surface area (Å²) >= 11 is 6.06. The third kappa shape index (κ3) is 5.82. The summed E-state index contributed by atoms with van der Waals surface area (Å²) < 4.78 is 0. The molecule has 2 heterocycles. The number of nitrogens with zero attached hydrogens (tertiary/aromatic N) is 3. The summed E-state index contributed by atoms with van der Waals surface area (Å²) in [6, 6.07) is 6.04. The maximum absolute atomic E-state index is 12.8. The van der Waals surface area contributed by atoms with Crippen molar-refractivity contribution in [1.29, 1.82) is 0 Å². The number of nitrogens with one attached hydrogen (secondary N) is 2. The molecule has 0 radical (unpaired) electrons. The van der Waals surface area contributed by atoms with Gasteiger partial charge in [-0.1, -0.05) is 11.6 Å². The van der Waals surface area contributed by atoms with Crippen LogP contribution in [0.3, 0.4) is 0 Å². The van der Waals surface area contributed by atoms with Gasteiger partial charge in [0.2, 0.25) is 0 Å². The van der Waals surface area contributed by atoms with Crippen LogP contribution in [0.2, 0.25) is 5.02 Å². The molecule has 7 heteroatoms. The molecule has 2 aromatic rings. The normalized spacial score (nSPS) is 18.9. The van der Waals surface area contributed by atoms with Gasteiger partial charge in [-0.15, -0.1) is 0 Å². The first-order valence-electron chi connectivity index (χ1n) is 10.1. The summed E-state index contributed by atoms with van der Waals surface area (Å²) in [6.45, 7) is 5.02. The van der Waals surface area contributed by atoms with Gasteiger partial charge in [0, 0.05) is 38.6 Å². The number of aryl methyl sites for hydroxylation is 2. The van der Waals surface area contributed by atoms with Crippen molar-refractivity contribution in [2.75, 3.05) is 30.9 Å². The number of rotatable bonds is 6. The zero-order valence-corrected chi connectivity index (χ0v) is 18.4. The van der Waals surface area contributed by atoms with Gasteiger partial charge in [-0.05, 0) is 69.2 Å². The Bertz CT molecular complexity index is 842. The fourth-order valence-electron chi connectivity index (χ4n) is 3.91. The van der Waals surface area contributed by atoms with Crippen molar-refractivity contribution >= 4 is 29.1 Å². The minimum atomic E-state index is -0.107. The number of aromatic nitrogens is 2. The van der Waals surface area contributed by atoms with Gasteiger partial charge in [0.1, 0.15) is 11.6 Å². The predicted octanol–water partition coefficient (Wildman–Crippen LogP) is 4.21. The summed E-state index contributed by atoms with van der Waals surface area (Å²) in [7, 11) is 3.74. The van der Waals surface area contributed by atoms with Crippen molar-refractivity contribution in [1.82, 2.24) is 15.3 Å². The second-order valence-electron chi connectivity index (χ2n) is 8.16. The zero-order chi connectivity index (χ0) is 21.0. The Hall–Kier alpha value is -2.34. The van der Waals surface area contributed by atoms with Crippen molar-refractivity contribution in [3.63, 3.8) is 0 Å². The number of amides is 1. The Kier molecular flexibility index (Phi) is 6.96. The van der Waals surface area contributed by atoms with Crippen LogP contribution >= 0.6 is 11.6 Å². The average Bonchev–Trinajstić information content (AvgIpc) is 2.66. The molecule has 0 saturated heterocycles. The maximum atomic E-state index is 12.8. The Balaban J connectivity index is 1.51. The van der Waals surface area contributed by atoms with Crippen molar-refractivity contribution in [3.05, 3.63) is 46.2 Å². The molecular formula is C22H30ClN5O. The summed E-state index contributed by atoms with van der Waals surface area (Å²) in [5.41, 5.74) is 2.78. The van der Waals surface area contributed by atoms with Crippen molar-refractivity contribution < 1.29 is 4.79 Å². The maximum Gasteiger partial charge on any atom is 0.255 e.